The first-order chi connectivity index (χ1) is 13.5. The molecule has 0 radical (unpaired) electrons. The fourth-order valence-electron chi connectivity index (χ4n) is 2.36. The smallest absolute Gasteiger partial charge is 0.270 e. The van der Waals surface area contributed by atoms with Crippen LogP contribution in [0.25, 0.3) is 0 Å². The molecular formula is C20H16Cl2N4O2. The Balaban J connectivity index is 1.58. The van der Waals surface area contributed by atoms with Crippen LogP contribution in [0.4, 0.5) is 0 Å². The zero-order valence-corrected chi connectivity index (χ0v) is 16.2. The number of carbonyl (C=O) groups excluding carboxylic acids is 2. The van der Waals surface area contributed by atoms with Crippen LogP contribution in [0.2, 0.25) is 10.0 Å². The molecule has 0 aliphatic heterocycles. The number of rotatable bonds is 6. The molecule has 2 aromatic carbocycles. The Kier molecular flexibility index (Phi) is 6.57. The summed E-state index contributed by atoms with van der Waals surface area (Å²) >= 11 is 11.7. The van der Waals surface area contributed by atoms with Crippen molar-refractivity contribution in [1.82, 2.24) is 20.6 Å². The second-order valence-electron chi connectivity index (χ2n) is 5.91. The molecule has 6 nitrogen and oxygen atoms in total. The highest BCUT2D eigenvalue weighted by Gasteiger charge is 2.13. The summed E-state index contributed by atoms with van der Waals surface area (Å²) in [6.07, 6.45) is 1.19. The third-order valence-corrected chi connectivity index (χ3v) is 4.37. The first-order valence-electron chi connectivity index (χ1n) is 8.38. The second kappa shape index (κ2) is 9.30. The van der Waals surface area contributed by atoms with Crippen molar-refractivity contribution in [3.8, 4) is 0 Å². The Hall–Kier alpha value is -2.96. The van der Waals surface area contributed by atoms with Crippen molar-refractivity contribution in [1.29, 1.82) is 0 Å². The van der Waals surface area contributed by atoms with Gasteiger partial charge in [0, 0.05) is 29.2 Å². The standard InChI is InChI=1S/C20H16Cl2N4O2/c21-15-5-1-13(2-6-15)10-23-19(27)17-9-18(26-12-25-17)20(28)24-11-14-3-7-16(22)8-4-14/h1-9,12H,10-11H2,(H,23,27)(H,24,28). The number of hydrogen-bond donors (Lipinski definition) is 2. The van der Waals surface area contributed by atoms with Gasteiger partial charge in [0.05, 0.1) is 0 Å². The lowest BCUT2D eigenvalue weighted by Crippen LogP contribution is -2.27. The molecule has 8 heteroatoms. The average Bonchev–Trinajstić information content (AvgIpc) is 2.72. The molecular weight excluding hydrogens is 399 g/mol. The van der Waals surface area contributed by atoms with Crippen LogP contribution in [-0.2, 0) is 13.1 Å². The van der Waals surface area contributed by atoms with Gasteiger partial charge in [-0.15, -0.1) is 0 Å². The molecule has 0 aliphatic carbocycles. The van der Waals surface area contributed by atoms with Crippen molar-refractivity contribution in [2.45, 2.75) is 13.1 Å². The predicted octanol–water partition coefficient (Wildman–Crippen LogP) is 3.64. The van der Waals surface area contributed by atoms with Gasteiger partial charge in [0.15, 0.2) is 0 Å². The van der Waals surface area contributed by atoms with Gasteiger partial charge in [0.25, 0.3) is 11.8 Å². The molecule has 0 saturated heterocycles. The minimum absolute atomic E-state index is 0.112. The van der Waals surface area contributed by atoms with Crippen molar-refractivity contribution in [3.63, 3.8) is 0 Å². The van der Waals surface area contributed by atoms with E-state index in [1.54, 1.807) is 24.3 Å². The topological polar surface area (TPSA) is 84.0 Å². The first-order valence-corrected chi connectivity index (χ1v) is 9.14. The first kappa shape index (κ1) is 19.8. The molecule has 0 fully saturated rings. The number of aromatic nitrogens is 2. The lowest BCUT2D eigenvalue weighted by atomic mass is 10.2. The SMILES string of the molecule is O=C(NCc1ccc(Cl)cc1)c1cc(C(=O)NCc2ccc(Cl)cc2)ncn1. The molecule has 3 rings (SSSR count). The summed E-state index contributed by atoms with van der Waals surface area (Å²) in [5, 5.41) is 6.75. The lowest BCUT2D eigenvalue weighted by molar-refractivity contribution is 0.0944. The maximum absolute atomic E-state index is 12.3. The van der Waals surface area contributed by atoms with E-state index in [-0.39, 0.29) is 11.4 Å². The van der Waals surface area contributed by atoms with E-state index in [1.807, 2.05) is 24.3 Å². The van der Waals surface area contributed by atoms with E-state index < -0.39 is 11.8 Å². The highest BCUT2D eigenvalue weighted by atomic mass is 35.5. The van der Waals surface area contributed by atoms with E-state index in [4.69, 9.17) is 23.2 Å². The molecule has 1 heterocycles. The monoisotopic (exact) mass is 414 g/mol. The molecule has 142 valence electrons. The fraction of sp³-hybridized carbons (Fsp3) is 0.100. The van der Waals surface area contributed by atoms with Crippen molar-refractivity contribution < 1.29 is 9.59 Å². The third kappa shape index (κ3) is 5.52. The van der Waals surface area contributed by atoms with Crippen LogP contribution in [0.3, 0.4) is 0 Å². The highest BCUT2D eigenvalue weighted by molar-refractivity contribution is 6.30. The molecule has 0 unspecified atom stereocenters. The van der Waals surface area contributed by atoms with Gasteiger partial charge >= 0.3 is 0 Å². The Morgan fingerprint density at radius 2 is 1.11 bits per heavy atom. The van der Waals surface area contributed by atoms with Crippen molar-refractivity contribution in [2.24, 2.45) is 0 Å². The summed E-state index contributed by atoms with van der Waals surface area (Å²) in [6, 6.07) is 15.6. The van der Waals surface area contributed by atoms with Gasteiger partial charge < -0.3 is 10.6 Å². The van der Waals surface area contributed by atoms with Crippen molar-refractivity contribution >= 4 is 35.0 Å². The van der Waals surface area contributed by atoms with Gasteiger partial charge in [-0.2, -0.15) is 0 Å². The van der Waals surface area contributed by atoms with Gasteiger partial charge in [-0.25, -0.2) is 9.97 Å². The van der Waals surface area contributed by atoms with E-state index in [9.17, 15) is 9.59 Å². The second-order valence-corrected chi connectivity index (χ2v) is 6.78. The van der Waals surface area contributed by atoms with E-state index in [2.05, 4.69) is 20.6 Å². The molecule has 3 aromatic rings. The summed E-state index contributed by atoms with van der Waals surface area (Å²) < 4.78 is 0. The summed E-state index contributed by atoms with van der Waals surface area (Å²) in [5.74, 6) is -0.798. The third-order valence-electron chi connectivity index (χ3n) is 3.87. The lowest BCUT2D eigenvalue weighted by Gasteiger charge is -2.07. The van der Waals surface area contributed by atoms with Crippen LogP contribution >= 0.6 is 23.2 Å². The Morgan fingerprint density at radius 3 is 1.50 bits per heavy atom. The van der Waals surface area contributed by atoms with Crippen LogP contribution in [0.15, 0.2) is 60.9 Å². The molecule has 1 aromatic heterocycles. The van der Waals surface area contributed by atoms with Crippen LogP contribution < -0.4 is 10.6 Å². The van der Waals surface area contributed by atoms with Gasteiger partial charge in [0.2, 0.25) is 0 Å². The number of halogens is 2. The van der Waals surface area contributed by atoms with Crippen LogP contribution in [0.5, 0.6) is 0 Å². The molecule has 0 atom stereocenters. The summed E-state index contributed by atoms with van der Waals surface area (Å²) in [6.45, 7) is 0.635. The molecule has 28 heavy (non-hydrogen) atoms. The van der Waals surface area contributed by atoms with Gasteiger partial charge in [0.1, 0.15) is 17.7 Å². The Labute approximate surface area is 171 Å². The number of amides is 2. The normalized spacial score (nSPS) is 10.4. The predicted molar refractivity (Wildman–Crippen MR) is 107 cm³/mol. The Bertz CT molecular complexity index is 900. The number of benzene rings is 2. The zero-order chi connectivity index (χ0) is 19.9. The quantitative estimate of drug-likeness (QED) is 0.644. The molecule has 0 saturated carbocycles. The largest absolute Gasteiger partial charge is 0.347 e. The average molecular weight is 415 g/mol. The molecule has 0 bridgehead atoms. The van der Waals surface area contributed by atoms with Gasteiger partial charge in [-0.3, -0.25) is 9.59 Å². The summed E-state index contributed by atoms with van der Waals surface area (Å²) in [4.78, 5) is 32.5. The maximum Gasteiger partial charge on any atom is 0.270 e. The van der Waals surface area contributed by atoms with Crippen LogP contribution in [0.1, 0.15) is 32.1 Å². The van der Waals surface area contributed by atoms with E-state index in [0.29, 0.717) is 23.1 Å². The molecule has 0 aliphatic rings. The van der Waals surface area contributed by atoms with Gasteiger partial charge in [-0.1, -0.05) is 47.5 Å². The van der Waals surface area contributed by atoms with Crippen molar-refractivity contribution in [3.05, 3.63) is 93.5 Å². The number of nitrogens with zero attached hydrogens (tertiary/aromatic N) is 2. The summed E-state index contributed by atoms with van der Waals surface area (Å²) in [7, 11) is 0. The van der Waals surface area contributed by atoms with E-state index >= 15 is 0 Å². The molecule has 2 N–H and O–H groups in total. The number of carbonyl (C=O) groups is 2. The van der Waals surface area contributed by atoms with Crippen LogP contribution in [0, 0.1) is 0 Å². The summed E-state index contributed by atoms with van der Waals surface area (Å²) in [5.41, 5.74) is 2.02. The maximum atomic E-state index is 12.3. The van der Waals surface area contributed by atoms with Crippen LogP contribution in [-0.4, -0.2) is 21.8 Å². The molecule has 2 amide bonds. The van der Waals surface area contributed by atoms with E-state index in [1.165, 1.54) is 12.4 Å². The number of nitrogens with one attached hydrogen (secondary N) is 2. The van der Waals surface area contributed by atoms with E-state index in [0.717, 1.165) is 11.1 Å². The highest BCUT2D eigenvalue weighted by Crippen LogP contribution is 2.10. The zero-order valence-electron chi connectivity index (χ0n) is 14.7. The van der Waals surface area contributed by atoms with Gasteiger partial charge in [-0.05, 0) is 35.4 Å². The minimum atomic E-state index is -0.399. The number of hydrogen-bond acceptors (Lipinski definition) is 4. The van der Waals surface area contributed by atoms with Crippen molar-refractivity contribution in [2.75, 3.05) is 0 Å². The fourth-order valence-corrected chi connectivity index (χ4v) is 2.61. The minimum Gasteiger partial charge on any atom is -0.347 e. The Morgan fingerprint density at radius 1 is 0.714 bits per heavy atom. The molecule has 0 spiro atoms.